The Morgan fingerprint density at radius 3 is 2.88 bits per heavy atom. The highest BCUT2D eigenvalue weighted by Crippen LogP contribution is 2.41. The number of aromatic nitrogens is 7. The fourth-order valence-corrected chi connectivity index (χ4v) is 3.35. The van der Waals surface area contributed by atoms with Gasteiger partial charge in [-0.1, -0.05) is 0 Å². The molecule has 3 heterocycles. The number of aliphatic hydroxyl groups is 1. The molecule has 1 atom stereocenters. The van der Waals surface area contributed by atoms with Crippen LogP contribution in [0.5, 0.6) is 0 Å². The predicted molar refractivity (Wildman–Crippen MR) is 87.6 cm³/mol. The van der Waals surface area contributed by atoms with E-state index in [-0.39, 0.29) is 19.6 Å². The molecule has 1 unspecified atom stereocenters. The molecule has 1 N–H and O–H groups in total. The van der Waals surface area contributed by atoms with Crippen LogP contribution < -0.4 is 0 Å². The van der Waals surface area contributed by atoms with Crippen LogP contribution in [0, 0.1) is 12.8 Å². The summed E-state index contributed by atoms with van der Waals surface area (Å²) in [5.74, 6) is -1.92. The molecule has 4 rings (SSSR count). The smallest absolute Gasteiger partial charge is 0.252 e. The molecule has 26 heavy (non-hydrogen) atoms. The predicted octanol–water partition coefficient (Wildman–Crippen LogP) is 1.66. The average Bonchev–Trinajstić information content (AvgIpc) is 3.25. The number of aryl methyl sites for hydroxylation is 1. The first-order chi connectivity index (χ1) is 12.5. The van der Waals surface area contributed by atoms with Crippen molar-refractivity contribution in [3.05, 3.63) is 23.8 Å². The Morgan fingerprint density at radius 1 is 1.31 bits per heavy atom. The summed E-state index contributed by atoms with van der Waals surface area (Å²) >= 11 is 0. The van der Waals surface area contributed by atoms with Gasteiger partial charge >= 0.3 is 0 Å². The minimum absolute atomic E-state index is 0.0118. The van der Waals surface area contributed by atoms with Gasteiger partial charge in [0, 0.05) is 31.3 Å². The summed E-state index contributed by atoms with van der Waals surface area (Å²) < 4.78 is 31.0. The van der Waals surface area contributed by atoms with Gasteiger partial charge in [0.1, 0.15) is 5.82 Å². The summed E-state index contributed by atoms with van der Waals surface area (Å²) in [5.41, 5.74) is 0.819. The molecule has 3 aromatic heterocycles. The Balaban J connectivity index is 1.68. The van der Waals surface area contributed by atoms with Gasteiger partial charge in [-0.3, -0.25) is 0 Å². The lowest BCUT2D eigenvalue weighted by Crippen LogP contribution is -2.26. The summed E-state index contributed by atoms with van der Waals surface area (Å²) in [6.07, 6.45) is 4.72. The normalized spacial score (nSPS) is 19.5. The number of hydrogen-bond donors (Lipinski definition) is 1. The van der Waals surface area contributed by atoms with Crippen LogP contribution in [0.4, 0.5) is 8.78 Å². The van der Waals surface area contributed by atoms with Gasteiger partial charge in [-0.15, -0.1) is 5.10 Å². The van der Waals surface area contributed by atoms with Crippen molar-refractivity contribution in [3.63, 3.8) is 0 Å². The van der Waals surface area contributed by atoms with Gasteiger partial charge < -0.3 is 5.11 Å². The van der Waals surface area contributed by atoms with Crippen LogP contribution in [0.3, 0.4) is 0 Å². The lowest BCUT2D eigenvalue weighted by Gasteiger charge is -2.19. The molecule has 1 fully saturated rings. The van der Waals surface area contributed by atoms with Crippen LogP contribution in [-0.2, 0) is 13.0 Å². The van der Waals surface area contributed by atoms with E-state index in [4.69, 9.17) is 5.11 Å². The van der Waals surface area contributed by atoms with Gasteiger partial charge in [-0.2, -0.15) is 10.1 Å². The van der Waals surface area contributed by atoms with Crippen molar-refractivity contribution in [2.75, 3.05) is 6.61 Å². The third-order valence-corrected chi connectivity index (χ3v) is 4.68. The molecule has 1 saturated carbocycles. The molecule has 0 saturated heterocycles. The second-order valence-corrected chi connectivity index (χ2v) is 6.63. The van der Waals surface area contributed by atoms with E-state index < -0.39 is 11.8 Å². The Hall–Kier alpha value is -2.49. The summed E-state index contributed by atoms with van der Waals surface area (Å²) in [6, 6.07) is 0. The van der Waals surface area contributed by atoms with Gasteiger partial charge in [0.2, 0.25) is 5.82 Å². The maximum absolute atomic E-state index is 14.0. The van der Waals surface area contributed by atoms with Crippen LogP contribution >= 0.6 is 0 Å². The summed E-state index contributed by atoms with van der Waals surface area (Å²) in [6.45, 7) is 1.81. The third-order valence-electron chi connectivity index (χ3n) is 4.68. The topological polar surface area (TPSA) is 94.0 Å². The van der Waals surface area contributed by atoms with Crippen LogP contribution in [0.25, 0.3) is 17.4 Å². The number of hydrogen-bond acceptors (Lipinski definition) is 6. The van der Waals surface area contributed by atoms with Gasteiger partial charge in [0.25, 0.3) is 11.7 Å². The Labute approximate surface area is 147 Å². The average molecular weight is 363 g/mol. The van der Waals surface area contributed by atoms with Gasteiger partial charge in [-0.25, -0.2) is 27.9 Å². The van der Waals surface area contributed by atoms with Crippen molar-refractivity contribution < 1.29 is 13.9 Å². The lowest BCUT2D eigenvalue weighted by atomic mass is 10.1. The zero-order valence-electron chi connectivity index (χ0n) is 14.3. The lowest BCUT2D eigenvalue weighted by molar-refractivity contribution is -0.0431. The van der Waals surface area contributed by atoms with Crippen LogP contribution in [-0.4, -0.2) is 52.0 Å². The van der Waals surface area contributed by atoms with Crippen molar-refractivity contribution >= 4 is 5.78 Å². The molecule has 138 valence electrons. The fourth-order valence-electron chi connectivity index (χ4n) is 3.35. The first kappa shape index (κ1) is 17.0. The molecule has 1 aliphatic rings. The Bertz CT molecular complexity index is 936. The first-order valence-electron chi connectivity index (χ1n) is 8.58. The van der Waals surface area contributed by atoms with Gasteiger partial charge in [0.05, 0.1) is 6.54 Å². The van der Waals surface area contributed by atoms with Crippen molar-refractivity contribution in [1.82, 2.24) is 34.3 Å². The molecule has 0 aromatic carbocycles. The summed E-state index contributed by atoms with van der Waals surface area (Å²) in [7, 11) is 0. The molecule has 0 amide bonds. The van der Waals surface area contributed by atoms with E-state index in [0.29, 0.717) is 42.5 Å². The largest absolute Gasteiger partial charge is 0.396 e. The zero-order chi connectivity index (χ0) is 18.3. The van der Waals surface area contributed by atoms with E-state index in [0.717, 1.165) is 5.56 Å². The SMILES string of the molecule is Cc1nc(-c2nc3ncc(CCO)cn3n2)n(CC2CCCC2(F)F)n1. The molecule has 3 aromatic rings. The van der Waals surface area contributed by atoms with Crippen molar-refractivity contribution in [1.29, 1.82) is 0 Å². The van der Waals surface area contributed by atoms with E-state index in [1.165, 1.54) is 9.20 Å². The molecular formula is C16H19F2N7O. The quantitative estimate of drug-likeness (QED) is 0.741. The van der Waals surface area contributed by atoms with Crippen LogP contribution in [0.2, 0.25) is 0 Å². The summed E-state index contributed by atoms with van der Waals surface area (Å²) in [5, 5.41) is 17.7. The van der Waals surface area contributed by atoms with Crippen molar-refractivity contribution in [3.8, 4) is 11.6 Å². The van der Waals surface area contributed by atoms with Crippen molar-refractivity contribution in [2.45, 2.75) is 45.1 Å². The molecule has 1 aliphatic carbocycles. The second kappa shape index (κ2) is 6.35. The minimum Gasteiger partial charge on any atom is -0.396 e. The van der Waals surface area contributed by atoms with E-state index >= 15 is 0 Å². The number of fused-ring (bicyclic) bond motifs is 1. The number of aliphatic hydroxyl groups excluding tert-OH is 1. The van der Waals surface area contributed by atoms with Gasteiger partial charge in [-0.05, 0) is 31.7 Å². The fraction of sp³-hybridized carbons (Fsp3) is 0.562. The Morgan fingerprint density at radius 2 is 2.15 bits per heavy atom. The third kappa shape index (κ3) is 3.05. The maximum Gasteiger partial charge on any atom is 0.252 e. The minimum atomic E-state index is -2.68. The molecule has 0 spiro atoms. The highest BCUT2D eigenvalue weighted by atomic mass is 19.3. The summed E-state index contributed by atoms with van der Waals surface area (Å²) in [4.78, 5) is 12.9. The standard InChI is InChI=1S/C16H19F2N7O/c1-10-20-14(24(22-10)9-12-3-2-5-16(12,17)18)13-21-15-19-7-11(4-6-26)8-25(15)23-13/h7-8,12,26H,2-6,9H2,1H3. The van der Waals surface area contributed by atoms with Crippen LogP contribution in [0.1, 0.15) is 30.7 Å². The van der Waals surface area contributed by atoms with Crippen molar-refractivity contribution in [2.24, 2.45) is 5.92 Å². The maximum atomic E-state index is 14.0. The first-order valence-corrected chi connectivity index (χ1v) is 8.58. The van der Waals surface area contributed by atoms with E-state index in [9.17, 15) is 8.78 Å². The number of halogens is 2. The number of rotatable bonds is 5. The van der Waals surface area contributed by atoms with E-state index in [2.05, 4.69) is 25.1 Å². The van der Waals surface area contributed by atoms with E-state index in [1.807, 2.05) is 0 Å². The van der Waals surface area contributed by atoms with E-state index in [1.54, 1.807) is 19.3 Å². The molecule has 0 aliphatic heterocycles. The molecular weight excluding hydrogens is 344 g/mol. The highest BCUT2D eigenvalue weighted by molar-refractivity contribution is 5.47. The Kier molecular flexibility index (Phi) is 4.14. The van der Waals surface area contributed by atoms with Crippen LogP contribution in [0.15, 0.2) is 12.4 Å². The number of nitrogens with zero attached hydrogens (tertiary/aromatic N) is 7. The second-order valence-electron chi connectivity index (χ2n) is 6.63. The monoisotopic (exact) mass is 363 g/mol. The molecule has 10 heteroatoms. The number of alkyl halides is 2. The highest BCUT2D eigenvalue weighted by Gasteiger charge is 2.44. The molecule has 0 radical (unpaired) electrons. The zero-order valence-corrected chi connectivity index (χ0v) is 14.3. The molecule has 0 bridgehead atoms. The molecule has 8 nitrogen and oxygen atoms in total. The van der Waals surface area contributed by atoms with Gasteiger partial charge in [0.15, 0.2) is 5.82 Å².